The second kappa shape index (κ2) is 26.9. The normalized spacial score (nSPS) is 39.2. The van der Waals surface area contributed by atoms with E-state index < -0.39 is 89.6 Å². The van der Waals surface area contributed by atoms with Gasteiger partial charge >= 0.3 is 5.97 Å². The number of Topliss-reactive ketones (excluding diaryl/α,β-unsaturated/α-hetero) is 3. The maximum atomic E-state index is 14.7. The van der Waals surface area contributed by atoms with Crippen molar-refractivity contribution in [3.8, 4) is 0 Å². The van der Waals surface area contributed by atoms with Crippen molar-refractivity contribution < 1.29 is 67.7 Å². The number of ketones is 3. The Morgan fingerprint density at radius 2 is 1.66 bits per heavy atom. The first kappa shape index (κ1) is 57.9. The van der Waals surface area contributed by atoms with E-state index in [1.807, 2.05) is 51.2 Å². The van der Waals surface area contributed by atoms with Gasteiger partial charge in [0.15, 0.2) is 5.78 Å². The van der Waals surface area contributed by atoms with E-state index in [4.69, 9.17) is 28.4 Å². The van der Waals surface area contributed by atoms with Gasteiger partial charge in [0.1, 0.15) is 30.1 Å². The zero-order chi connectivity index (χ0) is 53.0. The molecule has 404 valence electrons. The summed E-state index contributed by atoms with van der Waals surface area (Å²) < 4.78 is 36.4. The molecule has 4 fully saturated rings. The summed E-state index contributed by atoms with van der Waals surface area (Å²) in [5.41, 5.74) is 1.82. The van der Waals surface area contributed by atoms with E-state index in [-0.39, 0.29) is 74.8 Å². The standard InChI is InChI=1S/C56H81N3O14/c1-33-13-10-9-11-14-34(2)46(71-32-40-31-57-20-21-58-40)29-41-18-16-38(6)56(67,73-41)53(64)54(65)59-22-12-15-42-43(27-39-17-19-45(70-24-23-60)48(28-39)68-7)47(72-55(66)49(42)59)30-44(61)35(3)26-37(5)51(63)52(69-8)50(62)36(4)25-33/h9-11,13-14,20-21,26,31,33,35-36,38-39,41-43,45-49,51-52,60,63,67H,12,15-19,22-25,27-30,32H2,1-8H3/b11-9+,13-10+,34-14+,37-26+/t33-,35-,36-,38-,39+,41+,42-,43?,45-,46?,47+,48-,49?,51-,52+,56-/m1/s1. The molecule has 0 spiro atoms. The predicted molar refractivity (Wildman–Crippen MR) is 269 cm³/mol. The molecule has 17 heteroatoms. The minimum atomic E-state index is -2.50. The smallest absolute Gasteiger partial charge is 0.329 e. The minimum absolute atomic E-state index is 0.0116. The summed E-state index contributed by atoms with van der Waals surface area (Å²) in [5.74, 6) is -8.75. The van der Waals surface area contributed by atoms with Gasteiger partial charge in [-0.05, 0) is 101 Å². The number of fused-ring (bicyclic) bond motifs is 4. The molecular formula is C56H81N3O14. The van der Waals surface area contributed by atoms with E-state index in [0.717, 1.165) is 12.0 Å². The number of nitrogens with zero attached hydrogens (tertiary/aromatic N) is 3. The van der Waals surface area contributed by atoms with Crippen LogP contribution in [0.1, 0.15) is 118 Å². The third kappa shape index (κ3) is 14.5. The number of aromatic nitrogens is 2. The third-order valence-electron chi connectivity index (χ3n) is 16.1. The number of hydrogen-bond acceptors (Lipinski definition) is 16. The molecule has 5 aliphatic rings. The highest BCUT2D eigenvalue weighted by Gasteiger charge is 2.57. The zero-order valence-corrected chi connectivity index (χ0v) is 44.1. The molecule has 1 aromatic rings. The van der Waals surface area contributed by atoms with Crippen LogP contribution in [0, 0.1) is 41.4 Å². The maximum Gasteiger partial charge on any atom is 0.329 e. The van der Waals surface area contributed by atoms with Crippen molar-refractivity contribution in [2.45, 2.75) is 173 Å². The summed E-state index contributed by atoms with van der Waals surface area (Å²) in [7, 11) is 3.00. The lowest BCUT2D eigenvalue weighted by Gasteiger charge is -2.50. The molecule has 3 saturated heterocycles. The van der Waals surface area contributed by atoms with Crippen LogP contribution in [0.25, 0.3) is 0 Å². The van der Waals surface area contributed by atoms with Gasteiger partial charge in [0.2, 0.25) is 5.79 Å². The molecule has 4 bridgehead atoms. The van der Waals surface area contributed by atoms with Gasteiger partial charge in [0.05, 0.1) is 56.1 Å². The van der Waals surface area contributed by atoms with E-state index in [2.05, 4.69) is 9.97 Å². The van der Waals surface area contributed by atoms with Crippen molar-refractivity contribution in [3.63, 3.8) is 0 Å². The molecule has 0 aromatic carbocycles. The lowest BCUT2D eigenvalue weighted by Crippen LogP contribution is -2.65. The van der Waals surface area contributed by atoms with Crippen LogP contribution in [-0.2, 0) is 59.0 Å². The summed E-state index contributed by atoms with van der Waals surface area (Å²) >= 11 is 0. The highest BCUT2D eigenvalue weighted by atomic mass is 16.6. The molecule has 16 atom stereocenters. The Hall–Kier alpha value is -4.33. The van der Waals surface area contributed by atoms with Crippen molar-refractivity contribution in [2.75, 3.05) is 34.0 Å². The SMILES string of the molecule is CO[C@@H]1C[C@H](CC2[C@H]3CCCN4C(=O)C(=O)[C@]5(O)O[C@@H](CC[C@H]5C)CC(OCc5cnccn5)/C(C)=C/C=C/C=C/[C@@H](C)C[C@@H](C)C(=O)[C@H](OC)[C@H](O)/C(C)=C/[C@@H](C)C(=O)C[C@@H]2OC(=O)C34)CC[C@H]1OCCO. The molecule has 1 amide bonds. The number of allylic oxidation sites excluding steroid dienone is 6. The van der Waals surface area contributed by atoms with Crippen LogP contribution in [0.4, 0.5) is 0 Å². The van der Waals surface area contributed by atoms with Gasteiger partial charge < -0.3 is 48.6 Å². The molecular weight excluding hydrogens is 939 g/mol. The first-order valence-corrected chi connectivity index (χ1v) is 26.4. The number of rotatable bonds is 10. The van der Waals surface area contributed by atoms with Gasteiger partial charge in [-0.15, -0.1) is 0 Å². The summed E-state index contributed by atoms with van der Waals surface area (Å²) in [6.45, 7) is 11.0. The number of amides is 1. The number of piperidine rings is 1. The quantitative estimate of drug-likeness (QED) is 0.143. The summed E-state index contributed by atoms with van der Waals surface area (Å²) in [4.78, 5) is 81.7. The van der Waals surface area contributed by atoms with E-state index in [0.29, 0.717) is 62.6 Å². The fraction of sp³-hybridized carbons (Fsp3) is 0.696. The predicted octanol–water partition coefficient (Wildman–Crippen LogP) is 5.78. The average molecular weight is 1020 g/mol. The maximum absolute atomic E-state index is 14.7. The number of hydrogen-bond donors (Lipinski definition) is 3. The number of esters is 1. The lowest BCUT2D eigenvalue weighted by molar-refractivity contribution is -0.266. The van der Waals surface area contributed by atoms with Crippen LogP contribution in [0.2, 0.25) is 0 Å². The lowest BCUT2D eigenvalue weighted by atomic mass is 9.68. The second-order valence-corrected chi connectivity index (χ2v) is 21.4. The monoisotopic (exact) mass is 1020 g/mol. The Kier molecular flexibility index (Phi) is 21.4. The highest BCUT2D eigenvalue weighted by Crippen LogP contribution is 2.45. The summed E-state index contributed by atoms with van der Waals surface area (Å²) in [6.07, 6.45) is 15.8. The van der Waals surface area contributed by atoms with Gasteiger partial charge in [-0.2, -0.15) is 0 Å². The third-order valence-corrected chi connectivity index (χ3v) is 16.1. The van der Waals surface area contributed by atoms with Gasteiger partial charge in [0, 0.05) is 69.7 Å². The van der Waals surface area contributed by atoms with Gasteiger partial charge in [-0.25, -0.2) is 4.79 Å². The Bertz CT molecular complexity index is 2160. The zero-order valence-electron chi connectivity index (χ0n) is 44.1. The van der Waals surface area contributed by atoms with E-state index in [9.17, 15) is 39.3 Å². The number of ether oxygens (including phenoxy) is 6. The van der Waals surface area contributed by atoms with Crippen molar-refractivity contribution >= 4 is 29.2 Å². The summed E-state index contributed by atoms with van der Waals surface area (Å²) in [6, 6.07) is -1.16. The van der Waals surface area contributed by atoms with Crippen LogP contribution < -0.4 is 0 Å². The number of aliphatic hydroxyl groups excluding tert-OH is 2. The fourth-order valence-corrected chi connectivity index (χ4v) is 11.8. The van der Waals surface area contributed by atoms with Crippen LogP contribution in [0.5, 0.6) is 0 Å². The van der Waals surface area contributed by atoms with Gasteiger partial charge in [0.25, 0.3) is 11.7 Å². The first-order chi connectivity index (χ1) is 34.9. The molecule has 1 aromatic heterocycles. The number of methoxy groups -OCH3 is 2. The van der Waals surface area contributed by atoms with Crippen LogP contribution in [0.3, 0.4) is 0 Å². The molecule has 3 unspecified atom stereocenters. The molecule has 4 aliphatic heterocycles. The Labute approximate surface area is 431 Å². The molecule has 0 radical (unpaired) electrons. The Balaban J connectivity index is 1.35. The first-order valence-electron chi connectivity index (χ1n) is 26.4. The molecule has 1 aliphatic carbocycles. The van der Waals surface area contributed by atoms with Crippen LogP contribution in [-0.4, -0.2) is 148 Å². The van der Waals surface area contributed by atoms with Crippen molar-refractivity contribution in [1.82, 2.24) is 14.9 Å². The molecule has 1 saturated carbocycles. The van der Waals surface area contributed by atoms with Crippen LogP contribution >= 0.6 is 0 Å². The van der Waals surface area contributed by atoms with E-state index in [1.54, 1.807) is 52.5 Å². The molecule has 17 nitrogen and oxygen atoms in total. The fourth-order valence-electron chi connectivity index (χ4n) is 11.8. The topological polar surface area (TPSA) is 230 Å². The van der Waals surface area contributed by atoms with E-state index >= 15 is 0 Å². The van der Waals surface area contributed by atoms with Gasteiger partial charge in [-0.3, -0.25) is 29.1 Å². The Morgan fingerprint density at radius 3 is 2.37 bits per heavy atom. The number of aliphatic hydroxyl groups is 3. The van der Waals surface area contributed by atoms with Crippen LogP contribution in [0.15, 0.2) is 66.2 Å². The average Bonchev–Trinajstić information content (AvgIpc) is 3.38. The summed E-state index contributed by atoms with van der Waals surface area (Å²) in [5, 5.41) is 33.3. The van der Waals surface area contributed by atoms with Crippen molar-refractivity contribution in [2.24, 2.45) is 41.4 Å². The largest absolute Gasteiger partial charge is 0.460 e. The van der Waals surface area contributed by atoms with Gasteiger partial charge in [-0.1, -0.05) is 64.2 Å². The minimum Gasteiger partial charge on any atom is -0.460 e. The molecule has 73 heavy (non-hydrogen) atoms. The molecule has 6 rings (SSSR count). The van der Waals surface area contributed by atoms with Crippen molar-refractivity contribution in [1.29, 1.82) is 0 Å². The highest BCUT2D eigenvalue weighted by molar-refractivity contribution is 6.39. The van der Waals surface area contributed by atoms with E-state index in [1.165, 1.54) is 12.0 Å². The second-order valence-electron chi connectivity index (χ2n) is 21.4. The van der Waals surface area contributed by atoms with Crippen molar-refractivity contribution in [3.05, 3.63) is 71.9 Å². The Morgan fingerprint density at radius 1 is 0.877 bits per heavy atom. The number of carbonyl (C=O) groups is 5. The molecule has 3 N–H and O–H groups in total. The molecule has 5 heterocycles. The number of carbonyl (C=O) groups excluding carboxylic acids is 5.